The Morgan fingerprint density at radius 2 is 1.60 bits per heavy atom. The lowest BCUT2D eigenvalue weighted by atomic mass is 10.1. The third kappa shape index (κ3) is 4.03. The van der Waals surface area contributed by atoms with Gasteiger partial charge in [0.25, 0.3) is 0 Å². The number of benzene rings is 1. The van der Waals surface area contributed by atoms with Crippen LogP contribution in [-0.2, 0) is 0 Å². The summed E-state index contributed by atoms with van der Waals surface area (Å²) in [5.41, 5.74) is 0.979. The molecule has 0 aromatic heterocycles. The lowest BCUT2D eigenvalue weighted by Crippen LogP contribution is -2.52. The second kappa shape index (κ2) is 7.18. The fourth-order valence-corrected chi connectivity index (χ4v) is 2.68. The predicted octanol–water partition coefficient (Wildman–Crippen LogP) is 1.11. The number of hydrogen-bond acceptors (Lipinski definition) is 4. The molecule has 20 heavy (non-hydrogen) atoms. The molecule has 1 aromatic carbocycles. The molecule has 0 radical (unpaired) electrons. The molecular formula is C16H26N2O2. The van der Waals surface area contributed by atoms with Crippen LogP contribution in [0.2, 0.25) is 0 Å². The van der Waals surface area contributed by atoms with E-state index < -0.39 is 6.10 Å². The van der Waals surface area contributed by atoms with E-state index in [0.717, 1.165) is 31.7 Å². The van der Waals surface area contributed by atoms with Crippen LogP contribution in [0, 0.1) is 0 Å². The summed E-state index contributed by atoms with van der Waals surface area (Å²) in [6.45, 7) is 8.39. The maximum Gasteiger partial charge on any atom is 0.0916 e. The highest BCUT2D eigenvalue weighted by Gasteiger charge is 2.24. The van der Waals surface area contributed by atoms with Crippen LogP contribution in [0.3, 0.4) is 0 Å². The van der Waals surface area contributed by atoms with Crippen LogP contribution in [0.4, 0.5) is 0 Å². The minimum atomic E-state index is -0.420. The molecule has 0 bridgehead atoms. The highest BCUT2D eigenvalue weighted by atomic mass is 16.3. The van der Waals surface area contributed by atoms with Gasteiger partial charge in [0.1, 0.15) is 0 Å². The summed E-state index contributed by atoms with van der Waals surface area (Å²) in [5, 5.41) is 19.9. The van der Waals surface area contributed by atoms with Crippen LogP contribution in [0.5, 0.6) is 0 Å². The number of aliphatic hydroxyl groups is 2. The fraction of sp³-hybridized carbons (Fsp3) is 0.625. The highest BCUT2D eigenvalue weighted by molar-refractivity contribution is 5.17. The van der Waals surface area contributed by atoms with Crippen LogP contribution >= 0.6 is 0 Å². The molecule has 0 saturated carbocycles. The molecule has 2 N–H and O–H groups in total. The topological polar surface area (TPSA) is 46.9 Å². The number of nitrogens with zero attached hydrogens (tertiary/aromatic N) is 2. The van der Waals surface area contributed by atoms with Crippen molar-refractivity contribution in [2.45, 2.75) is 32.1 Å². The molecular weight excluding hydrogens is 252 g/mol. The smallest absolute Gasteiger partial charge is 0.0916 e. The summed E-state index contributed by atoms with van der Waals surface area (Å²) < 4.78 is 0. The normalized spacial score (nSPS) is 22.4. The standard InChI is InChI=1S/C16H26N2O2/c1-13(14(2)19)18-10-8-17(9-11-18)12-16(20)15-6-4-3-5-7-15/h3-7,13-14,16,19-20H,8-12H2,1-2H3. The Hall–Kier alpha value is -0.940. The van der Waals surface area contributed by atoms with Gasteiger partial charge in [-0.2, -0.15) is 0 Å². The molecule has 1 fully saturated rings. The molecule has 0 aliphatic carbocycles. The number of β-amino-alcohol motifs (C(OH)–C–C–N with tert-alkyl or cyclic N) is 1. The van der Waals surface area contributed by atoms with Crippen molar-refractivity contribution in [3.8, 4) is 0 Å². The molecule has 3 unspecified atom stereocenters. The zero-order valence-corrected chi connectivity index (χ0v) is 12.4. The van der Waals surface area contributed by atoms with Crippen LogP contribution in [0.1, 0.15) is 25.5 Å². The van der Waals surface area contributed by atoms with Gasteiger partial charge >= 0.3 is 0 Å². The Morgan fingerprint density at radius 1 is 1.00 bits per heavy atom. The van der Waals surface area contributed by atoms with E-state index >= 15 is 0 Å². The van der Waals surface area contributed by atoms with Gasteiger partial charge in [-0.3, -0.25) is 9.80 Å². The molecule has 3 atom stereocenters. The molecule has 1 heterocycles. The van der Waals surface area contributed by atoms with Crippen molar-refractivity contribution < 1.29 is 10.2 Å². The summed E-state index contributed by atoms with van der Waals surface area (Å²) in [5.74, 6) is 0. The van der Waals surface area contributed by atoms with Crippen LogP contribution < -0.4 is 0 Å². The maximum absolute atomic E-state index is 10.2. The van der Waals surface area contributed by atoms with Crippen molar-refractivity contribution in [3.63, 3.8) is 0 Å². The van der Waals surface area contributed by atoms with E-state index in [1.807, 2.05) is 37.3 Å². The van der Waals surface area contributed by atoms with Gasteiger partial charge in [-0.1, -0.05) is 30.3 Å². The Balaban J connectivity index is 1.80. The molecule has 1 aliphatic rings. The molecule has 0 amide bonds. The van der Waals surface area contributed by atoms with E-state index in [1.165, 1.54) is 0 Å². The number of piperazine rings is 1. The van der Waals surface area contributed by atoms with E-state index in [0.29, 0.717) is 6.54 Å². The minimum absolute atomic E-state index is 0.205. The molecule has 2 rings (SSSR count). The van der Waals surface area contributed by atoms with Crippen molar-refractivity contribution in [1.29, 1.82) is 0 Å². The SMILES string of the molecule is CC(O)C(C)N1CCN(CC(O)c2ccccc2)CC1. The molecule has 1 saturated heterocycles. The zero-order valence-electron chi connectivity index (χ0n) is 12.4. The summed E-state index contributed by atoms with van der Waals surface area (Å²) in [6, 6.07) is 10.0. The first kappa shape index (κ1) is 15.4. The minimum Gasteiger partial charge on any atom is -0.392 e. The van der Waals surface area contributed by atoms with E-state index in [4.69, 9.17) is 0 Å². The first-order valence-corrected chi connectivity index (χ1v) is 7.45. The lowest BCUT2D eigenvalue weighted by Gasteiger charge is -2.39. The van der Waals surface area contributed by atoms with E-state index in [1.54, 1.807) is 0 Å². The van der Waals surface area contributed by atoms with Crippen molar-refractivity contribution in [3.05, 3.63) is 35.9 Å². The predicted molar refractivity (Wildman–Crippen MR) is 80.6 cm³/mol. The van der Waals surface area contributed by atoms with Gasteiger partial charge in [-0.15, -0.1) is 0 Å². The first-order valence-electron chi connectivity index (χ1n) is 7.45. The Kier molecular flexibility index (Phi) is 5.54. The molecule has 4 nitrogen and oxygen atoms in total. The largest absolute Gasteiger partial charge is 0.392 e. The third-order valence-corrected chi connectivity index (χ3v) is 4.30. The van der Waals surface area contributed by atoms with Gasteiger partial charge in [0, 0.05) is 38.8 Å². The van der Waals surface area contributed by atoms with Gasteiger partial charge in [-0.05, 0) is 19.4 Å². The van der Waals surface area contributed by atoms with E-state index in [-0.39, 0.29) is 12.1 Å². The molecule has 4 heteroatoms. The number of hydrogen-bond donors (Lipinski definition) is 2. The quantitative estimate of drug-likeness (QED) is 0.847. The summed E-state index contributed by atoms with van der Waals surface area (Å²) >= 11 is 0. The molecule has 112 valence electrons. The monoisotopic (exact) mass is 278 g/mol. The number of aliphatic hydroxyl groups excluding tert-OH is 2. The Morgan fingerprint density at radius 3 is 2.15 bits per heavy atom. The highest BCUT2D eigenvalue weighted by Crippen LogP contribution is 2.16. The maximum atomic E-state index is 10.2. The van der Waals surface area contributed by atoms with Gasteiger partial charge in [-0.25, -0.2) is 0 Å². The Bertz CT molecular complexity index is 389. The van der Waals surface area contributed by atoms with Crippen LogP contribution in [0.25, 0.3) is 0 Å². The first-order chi connectivity index (χ1) is 9.58. The molecule has 1 aromatic rings. The fourth-order valence-electron chi connectivity index (χ4n) is 2.68. The van der Waals surface area contributed by atoms with Gasteiger partial charge < -0.3 is 10.2 Å². The molecule has 1 aliphatic heterocycles. The Labute approximate surface area is 121 Å². The van der Waals surface area contributed by atoms with E-state index in [2.05, 4.69) is 16.7 Å². The summed E-state index contributed by atoms with van der Waals surface area (Å²) in [6.07, 6.45) is -0.714. The average Bonchev–Trinajstić information content (AvgIpc) is 2.48. The van der Waals surface area contributed by atoms with Gasteiger partial charge in [0.05, 0.1) is 12.2 Å². The second-order valence-electron chi connectivity index (χ2n) is 5.74. The summed E-state index contributed by atoms with van der Waals surface area (Å²) in [4.78, 5) is 4.61. The van der Waals surface area contributed by atoms with Crippen LogP contribution in [-0.4, -0.2) is 64.9 Å². The van der Waals surface area contributed by atoms with Crippen molar-refractivity contribution in [1.82, 2.24) is 9.80 Å². The van der Waals surface area contributed by atoms with Gasteiger partial charge in [0.2, 0.25) is 0 Å². The summed E-state index contributed by atoms with van der Waals surface area (Å²) in [7, 11) is 0. The van der Waals surface area contributed by atoms with Crippen molar-refractivity contribution in [2.24, 2.45) is 0 Å². The average molecular weight is 278 g/mol. The zero-order chi connectivity index (χ0) is 14.5. The van der Waals surface area contributed by atoms with Crippen LogP contribution in [0.15, 0.2) is 30.3 Å². The van der Waals surface area contributed by atoms with E-state index in [9.17, 15) is 10.2 Å². The van der Waals surface area contributed by atoms with Gasteiger partial charge in [0.15, 0.2) is 0 Å². The van der Waals surface area contributed by atoms with Crippen molar-refractivity contribution in [2.75, 3.05) is 32.7 Å². The molecule has 0 spiro atoms. The van der Waals surface area contributed by atoms with Crippen molar-refractivity contribution >= 4 is 0 Å². The second-order valence-corrected chi connectivity index (χ2v) is 5.74. The third-order valence-electron chi connectivity index (χ3n) is 4.30. The number of rotatable bonds is 5. The lowest BCUT2D eigenvalue weighted by molar-refractivity contribution is 0.0212.